The minimum absolute atomic E-state index is 0.129. The zero-order valence-electron chi connectivity index (χ0n) is 12.3. The highest BCUT2D eigenvalue weighted by Gasteiger charge is 2.26. The van der Waals surface area contributed by atoms with E-state index in [1.54, 1.807) is 30.6 Å². The lowest BCUT2D eigenvalue weighted by Gasteiger charge is -2.27. The highest BCUT2D eigenvalue weighted by atomic mass is 32.2. The van der Waals surface area contributed by atoms with Crippen molar-refractivity contribution in [1.29, 1.82) is 0 Å². The number of thioether (sulfide) groups is 1. The maximum absolute atomic E-state index is 12.6. The molecule has 6 heteroatoms. The Morgan fingerprint density at radius 1 is 1.50 bits per heavy atom. The molecule has 0 aliphatic carbocycles. The van der Waals surface area contributed by atoms with Gasteiger partial charge in [-0.3, -0.25) is 9.59 Å². The lowest BCUT2D eigenvalue weighted by Crippen LogP contribution is -2.38. The van der Waals surface area contributed by atoms with Crippen molar-refractivity contribution in [2.24, 2.45) is 0 Å². The molecule has 0 saturated heterocycles. The standard InChI is InChI=1S/C14H21NO4S/c1-5-10(8-20-4)15(3)14(18)13-9(2)7-19-11(13)6-12(16)17/h7,10H,5-6,8H2,1-4H3,(H,16,17). The minimum Gasteiger partial charge on any atom is -0.481 e. The number of hydrogen-bond donors (Lipinski definition) is 1. The maximum atomic E-state index is 12.6. The van der Waals surface area contributed by atoms with Crippen LogP contribution >= 0.6 is 11.8 Å². The van der Waals surface area contributed by atoms with Gasteiger partial charge >= 0.3 is 5.97 Å². The number of carbonyl (C=O) groups is 2. The molecule has 0 aliphatic rings. The highest BCUT2D eigenvalue weighted by Crippen LogP contribution is 2.21. The molecule has 1 aromatic rings. The largest absolute Gasteiger partial charge is 0.481 e. The van der Waals surface area contributed by atoms with Crippen LogP contribution in [0.15, 0.2) is 10.7 Å². The molecule has 1 amide bonds. The first-order chi connectivity index (χ1) is 9.42. The van der Waals surface area contributed by atoms with Gasteiger partial charge in [0.15, 0.2) is 0 Å². The summed E-state index contributed by atoms with van der Waals surface area (Å²) in [5.74, 6) is -0.101. The van der Waals surface area contributed by atoms with Crippen LogP contribution in [-0.2, 0) is 11.2 Å². The number of aryl methyl sites for hydroxylation is 1. The Hall–Kier alpha value is -1.43. The van der Waals surface area contributed by atoms with Gasteiger partial charge < -0.3 is 14.4 Å². The van der Waals surface area contributed by atoms with Crippen molar-refractivity contribution in [3.05, 3.63) is 23.2 Å². The Kier molecular flexibility index (Phi) is 6.13. The Balaban J connectivity index is 3.01. The van der Waals surface area contributed by atoms with Crippen LogP contribution in [0.3, 0.4) is 0 Å². The van der Waals surface area contributed by atoms with Gasteiger partial charge in [-0.2, -0.15) is 11.8 Å². The molecule has 0 aromatic carbocycles. The molecule has 0 bridgehead atoms. The molecule has 1 aromatic heterocycles. The second kappa shape index (κ2) is 7.38. The van der Waals surface area contributed by atoms with Crippen molar-refractivity contribution in [3.8, 4) is 0 Å². The van der Waals surface area contributed by atoms with Gasteiger partial charge in [-0.25, -0.2) is 0 Å². The third-order valence-corrected chi connectivity index (χ3v) is 3.99. The zero-order chi connectivity index (χ0) is 15.3. The lowest BCUT2D eigenvalue weighted by molar-refractivity contribution is -0.136. The fraction of sp³-hybridized carbons (Fsp3) is 0.571. The number of carboxylic acids is 1. The van der Waals surface area contributed by atoms with Crippen LogP contribution in [0.25, 0.3) is 0 Å². The summed E-state index contributed by atoms with van der Waals surface area (Å²) in [6, 6.07) is 0.129. The number of furan rings is 1. The van der Waals surface area contributed by atoms with Gasteiger partial charge in [-0.1, -0.05) is 6.92 Å². The van der Waals surface area contributed by atoms with Gasteiger partial charge in [0, 0.05) is 24.4 Å². The molecule has 0 radical (unpaired) electrons. The molecule has 0 aliphatic heterocycles. The molecule has 20 heavy (non-hydrogen) atoms. The summed E-state index contributed by atoms with van der Waals surface area (Å²) in [7, 11) is 1.75. The van der Waals surface area contributed by atoms with Gasteiger partial charge in [-0.15, -0.1) is 0 Å². The molecule has 112 valence electrons. The van der Waals surface area contributed by atoms with E-state index in [-0.39, 0.29) is 24.1 Å². The van der Waals surface area contributed by atoms with Gasteiger partial charge in [-0.05, 0) is 19.6 Å². The van der Waals surface area contributed by atoms with Gasteiger partial charge in [0.1, 0.15) is 12.2 Å². The van der Waals surface area contributed by atoms with Crippen LogP contribution in [0, 0.1) is 6.92 Å². The number of aliphatic carboxylic acids is 1. The van der Waals surface area contributed by atoms with Gasteiger partial charge in [0.25, 0.3) is 5.91 Å². The molecule has 5 nitrogen and oxygen atoms in total. The summed E-state index contributed by atoms with van der Waals surface area (Å²) >= 11 is 1.68. The first-order valence-corrected chi connectivity index (χ1v) is 7.86. The molecule has 1 heterocycles. The van der Waals surface area contributed by atoms with Gasteiger partial charge in [0.05, 0.1) is 11.8 Å². The normalized spacial score (nSPS) is 12.2. The fourth-order valence-corrected chi connectivity index (χ4v) is 2.93. The summed E-state index contributed by atoms with van der Waals surface area (Å²) in [5, 5.41) is 8.87. The topological polar surface area (TPSA) is 70.8 Å². The number of hydrogen-bond acceptors (Lipinski definition) is 4. The smallest absolute Gasteiger partial charge is 0.311 e. The summed E-state index contributed by atoms with van der Waals surface area (Å²) in [4.78, 5) is 25.1. The van der Waals surface area contributed by atoms with E-state index in [2.05, 4.69) is 0 Å². The van der Waals surface area contributed by atoms with E-state index in [1.807, 2.05) is 13.2 Å². The van der Waals surface area contributed by atoms with Crippen molar-refractivity contribution in [1.82, 2.24) is 4.90 Å². The molecule has 1 unspecified atom stereocenters. The molecule has 0 saturated carbocycles. The van der Waals surface area contributed by atoms with Crippen molar-refractivity contribution < 1.29 is 19.1 Å². The van der Waals surface area contributed by atoms with Crippen molar-refractivity contribution in [2.45, 2.75) is 32.7 Å². The quantitative estimate of drug-likeness (QED) is 0.837. The van der Waals surface area contributed by atoms with E-state index in [1.165, 1.54) is 6.26 Å². The SMILES string of the molecule is CCC(CSC)N(C)C(=O)c1c(C)coc1CC(=O)O. The number of nitrogens with zero attached hydrogens (tertiary/aromatic N) is 1. The zero-order valence-corrected chi connectivity index (χ0v) is 13.1. The van der Waals surface area contributed by atoms with Crippen molar-refractivity contribution in [3.63, 3.8) is 0 Å². The second-order valence-corrected chi connectivity index (χ2v) is 5.63. The lowest BCUT2D eigenvalue weighted by atomic mass is 10.1. The third kappa shape index (κ3) is 3.79. The van der Waals surface area contributed by atoms with E-state index >= 15 is 0 Å². The van der Waals surface area contributed by atoms with Crippen LogP contribution < -0.4 is 0 Å². The van der Waals surface area contributed by atoms with E-state index in [9.17, 15) is 9.59 Å². The van der Waals surface area contributed by atoms with E-state index < -0.39 is 5.97 Å². The first kappa shape index (κ1) is 16.6. The Morgan fingerprint density at radius 3 is 2.65 bits per heavy atom. The van der Waals surface area contributed by atoms with Crippen LogP contribution in [0.4, 0.5) is 0 Å². The maximum Gasteiger partial charge on any atom is 0.311 e. The predicted molar refractivity (Wildman–Crippen MR) is 79.3 cm³/mol. The van der Waals surface area contributed by atoms with Crippen molar-refractivity contribution in [2.75, 3.05) is 19.1 Å². The monoisotopic (exact) mass is 299 g/mol. The molecule has 1 N–H and O–H groups in total. The fourth-order valence-electron chi connectivity index (χ4n) is 2.09. The summed E-state index contributed by atoms with van der Waals surface area (Å²) in [6.45, 7) is 3.79. The van der Waals surface area contributed by atoms with Crippen LogP contribution in [-0.4, -0.2) is 47.0 Å². The molecular formula is C14H21NO4S. The van der Waals surface area contributed by atoms with E-state index in [0.29, 0.717) is 11.1 Å². The average Bonchev–Trinajstić information content (AvgIpc) is 2.74. The van der Waals surface area contributed by atoms with Crippen LogP contribution in [0.1, 0.15) is 35.0 Å². The predicted octanol–water partition coefficient (Wildman–Crippen LogP) is 2.43. The number of carbonyl (C=O) groups excluding carboxylic acids is 1. The van der Waals surface area contributed by atoms with Gasteiger partial charge in [0.2, 0.25) is 0 Å². The third-order valence-electron chi connectivity index (χ3n) is 3.28. The Bertz CT molecular complexity index is 484. The minimum atomic E-state index is -1.01. The molecule has 0 fully saturated rings. The molecule has 1 atom stereocenters. The summed E-state index contributed by atoms with van der Waals surface area (Å²) < 4.78 is 5.22. The molecule has 0 spiro atoms. The Labute approximate surface area is 123 Å². The molecule has 1 rings (SSSR count). The summed E-state index contributed by atoms with van der Waals surface area (Å²) in [5.41, 5.74) is 1.06. The first-order valence-electron chi connectivity index (χ1n) is 6.47. The van der Waals surface area contributed by atoms with Crippen LogP contribution in [0.5, 0.6) is 0 Å². The second-order valence-electron chi connectivity index (χ2n) is 4.72. The van der Waals surface area contributed by atoms with Crippen molar-refractivity contribution >= 4 is 23.6 Å². The van der Waals surface area contributed by atoms with Crippen LogP contribution in [0.2, 0.25) is 0 Å². The number of carboxylic acid groups (broad SMARTS) is 1. The number of rotatable bonds is 7. The average molecular weight is 299 g/mol. The van der Waals surface area contributed by atoms with E-state index in [0.717, 1.165) is 12.2 Å². The van der Waals surface area contributed by atoms with E-state index in [4.69, 9.17) is 9.52 Å². The summed E-state index contributed by atoms with van der Waals surface area (Å²) in [6.07, 6.45) is 4.02. The Morgan fingerprint density at radius 2 is 2.15 bits per heavy atom. The number of amides is 1. The highest BCUT2D eigenvalue weighted by molar-refractivity contribution is 7.98. The molecular weight excluding hydrogens is 278 g/mol.